The van der Waals surface area contributed by atoms with E-state index in [1.807, 2.05) is 25.2 Å². The summed E-state index contributed by atoms with van der Waals surface area (Å²) in [5, 5.41) is 2.63. The average molecular weight is 308 g/mol. The molecule has 0 bridgehead atoms. The third-order valence-electron chi connectivity index (χ3n) is 3.59. The van der Waals surface area contributed by atoms with Gasteiger partial charge in [0, 0.05) is 13.1 Å². The number of carbonyl (C=O) groups is 2. The Balaban J connectivity index is 2.01. The molecule has 1 heterocycles. The lowest BCUT2D eigenvalue weighted by molar-refractivity contribution is -0.885. The van der Waals surface area contributed by atoms with Crippen LogP contribution in [0.5, 0.6) is 11.5 Å². The van der Waals surface area contributed by atoms with Crippen LogP contribution in [0.4, 0.5) is 4.79 Å². The molecular weight excluding hydrogens is 286 g/mol. The van der Waals surface area contributed by atoms with E-state index in [9.17, 15) is 9.59 Å². The number of amides is 3. The molecular formula is C15H22N3O4+. The van der Waals surface area contributed by atoms with Crippen LogP contribution in [-0.4, -0.2) is 57.7 Å². The zero-order chi connectivity index (χ0) is 16.1. The lowest BCUT2D eigenvalue weighted by Crippen LogP contribution is -3.08. The molecule has 1 saturated heterocycles. The van der Waals surface area contributed by atoms with Gasteiger partial charge in [0.1, 0.15) is 6.54 Å². The first-order valence-electron chi connectivity index (χ1n) is 7.16. The summed E-state index contributed by atoms with van der Waals surface area (Å²) in [6.07, 6.45) is 0. The topological polar surface area (TPSA) is 72.3 Å². The van der Waals surface area contributed by atoms with E-state index in [2.05, 4.69) is 5.32 Å². The van der Waals surface area contributed by atoms with Crippen molar-refractivity contribution in [2.75, 3.05) is 40.9 Å². The second kappa shape index (κ2) is 7.13. The number of likely N-dealkylation sites (N-methyl/N-ethyl adjacent to an activating group) is 1. The van der Waals surface area contributed by atoms with Crippen molar-refractivity contribution in [1.82, 2.24) is 10.2 Å². The molecule has 0 spiro atoms. The van der Waals surface area contributed by atoms with E-state index >= 15 is 0 Å². The Morgan fingerprint density at radius 2 is 2.14 bits per heavy atom. The van der Waals surface area contributed by atoms with Crippen LogP contribution < -0.4 is 19.7 Å². The van der Waals surface area contributed by atoms with Crippen molar-refractivity contribution in [3.63, 3.8) is 0 Å². The number of para-hydroxylation sites is 1. The number of benzene rings is 1. The van der Waals surface area contributed by atoms with E-state index in [-0.39, 0.29) is 18.5 Å². The summed E-state index contributed by atoms with van der Waals surface area (Å²) in [5.41, 5.74) is 0.957. The van der Waals surface area contributed by atoms with Gasteiger partial charge in [-0.15, -0.1) is 0 Å². The number of carbonyl (C=O) groups excluding carboxylic acids is 2. The van der Waals surface area contributed by atoms with Crippen LogP contribution in [0, 0.1) is 0 Å². The first kappa shape index (κ1) is 16.1. The zero-order valence-corrected chi connectivity index (χ0v) is 13.1. The highest BCUT2D eigenvalue weighted by Gasteiger charge is 2.28. The van der Waals surface area contributed by atoms with Gasteiger partial charge in [-0.3, -0.25) is 9.69 Å². The fourth-order valence-electron chi connectivity index (χ4n) is 2.54. The molecule has 1 unspecified atom stereocenters. The number of nitrogens with zero attached hydrogens (tertiary/aromatic N) is 1. The van der Waals surface area contributed by atoms with Gasteiger partial charge in [0.15, 0.2) is 18.0 Å². The summed E-state index contributed by atoms with van der Waals surface area (Å²) in [6, 6.07) is 5.35. The van der Waals surface area contributed by atoms with Crippen molar-refractivity contribution in [1.29, 1.82) is 0 Å². The van der Waals surface area contributed by atoms with Crippen molar-refractivity contribution >= 4 is 11.9 Å². The molecule has 0 aliphatic carbocycles. The lowest BCUT2D eigenvalue weighted by atomic mass is 10.1. The van der Waals surface area contributed by atoms with Gasteiger partial charge >= 0.3 is 6.03 Å². The van der Waals surface area contributed by atoms with Crippen LogP contribution in [0.2, 0.25) is 0 Å². The minimum absolute atomic E-state index is 0.172. The number of methoxy groups -OCH3 is 2. The third kappa shape index (κ3) is 3.48. The molecule has 0 saturated carbocycles. The maximum atomic E-state index is 12.1. The molecule has 0 radical (unpaired) electrons. The van der Waals surface area contributed by atoms with Crippen LogP contribution in [0.15, 0.2) is 18.2 Å². The van der Waals surface area contributed by atoms with Crippen molar-refractivity contribution < 1.29 is 24.0 Å². The van der Waals surface area contributed by atoms with Crippen molar-refractivity contribution in [3.05, 3.63) is 23.8 Å². The second-order valence-corrected chi connectivity index (χ2v) is 5.24. The Labute approximate surface area is 129 Å². The number of rotatable bonds is 6. The maximum absolute atomic E-state index is 12.1. The summed E-state index contributed by atoms with van der Waals surface area (Å²) >= 11 is 0. The van der Waals surface area contributed by atoms with Crippen LogP contribution in [-0.2, 0) is 11.3 Å². The Morgan fingerprint density at radius 1 is 1.36 bits per heavy atom. The molecule has 7 heteroatoms. The summed E-state index contributed by atoms with van der Waals surface area (Å²) in [5.74, 6) is 1.17. The number of quaternary nitrogens is 1. The smallest absolute Gasteiger partial charge is 0.324 e. The number of hydrogen-bond donors (Lipinski definition) is 2. The Kier molecular flexibility index (Phi) is 5.21. The highest BCUT2D eigenvalue weighted by Crippen LogP contribution is 2.29. The van der Waals surface area contributed by atoms with Crippen molar-refractivity contribution in [2.24, 2.45) is 0 Å². The Morgan fingerprint density at radius 3 is 2.73 bits per heavy atom. The quantitative estimate of drug-likeness (QED) is 0.727. The first-order chi connectivity index (χ1) is 10.6. The van der Waals surface area contributed by atoms with Gasteiger partial charge in [0.25, 0.3) is 5.91 Å². The van der Waals surface area contributed by atoms with Crippen molar-refractivity contribution in [3.8, 4) is 11.5 Å². The molecule has 1 atom stereocenters. The predicted molar refractivity (Wildman–Crippen MR) is 80.1 cm³/mol. The molecule has 3 amide bonds. The van der Waals surface area contributed by atoms with Crippen molar-refractivity contribution in [2.45, 2.75) is 6.54 Å². The molecule has 7 nitrogen and oxygen atoms in total. The van der Waals surface area contributed by atoms with Gasteiger partial charge in [-0.1, -0.05) is 6.07 Å². The number of nitrogens with one attached hydrogen (secondary N) is 2. The summed E-state index contributed by atoms with van der Waals surface area (Å²) in [6.45, 7) is 1.80. The fourth-order valence-corrected chi connectivity index (χ4v) is 2.54. The van der Waals surface area contributed by atoms with Crippen LogP contribution in [0.3, 0.4) is 0 Å². The van der Waals surface area contributed by atoms with Gasteiger partial charge in [0.05, 0.1) is 26.8 Å². The van der Waals surface area contributed by atoms with Crippen LogP contribution in [0.1, 0.15) is 5.56 Å². The van der Waals surface area contributed by atoms with E-state index in [4.69, 9.17) is 9.47 Å². The van der Waals surface area contributed by atoms with E-state index in [0.717, 1.165) is 10.5 Å². The molecule has 1 aliphatic heterocycles. The molecule has 2 N–H and O–H groups in total. The molecule has 2 rings (SSSR count). The molecule has 120 valence electrons. The molecule has 0 aromatic heterocycles. The minimum Gasteiger partial charge on any atom is -0.493 e. The van der Waals surface area contributed by atoms with E-state index in [1.165, 1.54) is 4.90 Å². The zero-order valence-electron chi connectivity index (χ0n) is 13.1. The SMILES string of the molecule is COc1cccc(C[NH+](C)CC(=O)N2CCNC2=O)c1OC. The van der Waals surface area contributed by atoms with Gasteiger partial charge in [-0.2, -0.15) is 0 Å². The molecule has 1 aromatic rings. The monoisotopic (exact) mass is 308 g/mol. The van der Waals surface area contributed by atoms with E-state index in [0.29, 0.717) is 31.1 Å². The molecule has 1 fully saturated rings. The first-order valence-corrected chi connectivity index (χ1v) is 7.16. The highest BCUT2D eigenvalue weighted by atomic mass is 16.5. The minimum atomic E-state index is -0.309. The van der Waals surface area contributed by atoms with Gasteiger partial charge < -0.3 is 19.7 Å². The normalized spacial score (nSPS) is 15.4. The highest BCUT2D eigenvalue weighted by molar-refractivity contribution is 5.96. The summed E-state index contributed by atoms with van der Waals surface area (Å²) < 4.78 is 10.7. The number of ether oxygens (including phenoxy) is 2. The third-order valence-corrected chi connectivity index (χ3v) is 3.59. The molecule has 1 aliphatic rings. The van der Waals surface area contributed by atoms with E-state index in [1.54, 1.807) is 14.2 Å². The number of imide groups is 1. The maximum Gasteiger partial charge on any atom is 0.324 e. The lowest BCUT2D eigenvalue weighted by Gasteiger charge is -2.19. The van der Waals surface area contributed by atoms with Gasteiger partial charge in [-0.05, 0) is 12.1 Å². The van der Waals surface area contributed by atoms with Gasteiger partial charge in [0.2, 0.25) is 0 Å². The molecule has 22 heavy (non-hydrogen) atoms. The Hall–Kier alpha value is -2.28. The number of urea groups is 1. The van der Waals surface area contributed by atoms with E-state index < -0.39 is 0 Å². The van der Waals surface area contributed by atoms with Gasteiger partial charge in [-0.25, -0.2) is 4.79 Å². The van der Waals surface area contributed by atoms with Crippen LogP contribution >= 0.6 is 0 Å². The summed E-state index contributed by atoms with van der Waals surface area (Å²) in [4.78, 5) is 25.8. The van der Waals surface area contributed by atoms with Crippen LogP contribution in [0.25, 0.3) is 0 Å². The summed E-state index contributed by atoms with van der Waals surface area (Å²) in [7, 11) is 5.09. The number of hydrogen-bond acceptors (Lipinski definition) is 4. The average Bonchev–Trinajstić information content (AvgIpc) is 2.93. The fraction of sp³-hybridized carbons (Fsp3) is 0.467. The second-order valence-electron chi connectivity index (χ2n) is 5.24. The standard InChI is InChI=1S/C15H21N3O4/c1-17(10-13(19)18-8-7-16-15(18)20)9-11-5-4-6-12(21-2)14(11)22-3/h4-6H,7-10H2,1-3H3,(H,16,20)/p+1. The largest absolute Gasteiger partial charge is 0.493 e. The predicted octanol–water partition coefficient (Wildman–Crippen LogP) is -0.730. The molecule has 1 aromatic carbocycles. The Bertz CT molecular complexity index is 562.